The van der Waals surface area contributed by atoms with Crippen molar-refractivity contribution in [1.82, 2.24) is 15.0 Å². The maximum Gasteiger partial charge on any atom is 0.323 e. The van der Waals surface area contributed by atoms with Gasteiger partial charge >= 0.3 is 6.01 Å². The Morgan fingerprint density at radius 3 is 2.65 bits per heavy atom. The molecule has 20 heavy (non-hydrogen) atoms. The number of hydrogen-bond acceptors (Lipinski definition) is 7. The Balaban J connectivity index is 2.10. The molecule has 1 aliphatic heterocycles. The Bertz CT molecular complexity index is 421. The summed E-state index contributed by atoms with van der Waals surface area (Å²) in [5, 5.41) is 3.17. The van der Waals surface area contributed by atoms with E-state index < -0.39 is 0 Å². The van der Waals surface area contributed by atoms with Crippen molar-refractivity contribution in [2.24, 2.45) is 0 Å². The maximum absolute atomic E-state index is 5.86. The molecule has 1 N–H and O–H groups in total. The topological polar surface area (TPSA) is 72.4 Å². The minimum atomic E-state index is 0.125. The number of nitrogens with one attached hydrogen (secondary N) is 1. The molecule has 0 bridgehead atoms. The van der Waals surface area contributed by atoms with E-state index in [1.54, 1.807) is 0 Å². The summed E-state index contributed by atoms with van der Waals surface area (Å²) in [6, 6.07) is 0.384. The lowest BCUT2D eigenvalue weighted by molar-refractivity contribution is 0.0217. The molecule has 0 amide bonds. The monoisotopic (exact) mass is 281 g/mol. The van der Waals surface area contributed by atoms with E-state index >= 15 is 0 Å². The van der Waals surface area contributed by atoms with Gasteiger partial charge in [-0.3, -0.25) is 0 Å². The molecule has 1 aromatic rings. The summed E-state index contributed by atoms with van der Waals surface area (Å²) in [7, 11) is 3.80. The van der Waals surface area contributed by atoms with Gasteiger partial charge in [0.1, 0.15) is 6.10 Å². The van der Waals surface area contributed by atoms with E-state index in [0.29, 0.717) is 17.9 Å². The molecular formula is C13H23N5O2. The van der Waals surface area contributed by atoms with Crippen molar-refractivity contribution in [3.05, 3.63) is 0 Å². The lowest BCUT2D eigenvalue weighted by atomic mass is 10.2. The first-order valence-corrected chi connectivity index (χ1v) is 7.10. The molecule has 0 saturated carbocycles. The van der Waals surface area contributed by atoms with Crippen LogP contribution in [0.15, 0.2) is 0 Å². The molecule has 7 nitrogen and oxygen atoms in total. The number of nitrogens with zero attached hydrogens (tertiary/aromatic N) is 4. The second-order valence-corrected chi connectivity index (χ2v) is 4.99. The summed E-state index contributed by atoms with van der Waals surface area (Å²) in [6.45, 7) is 4.39. The summed E-state index contributed by atoms with van der Waals surface area (Å²) in [5.41, 5.74) is 0. The van der Waals surface area contributed by atoms with Crippen LogP contribution in [0.25, 0.3) is 0 Å². The Labute approximate surface area is 119 Å². The largest absolute Gasteiger partial charge is 0.460 e. The fraction of sp³-hybridized carbons (Fsp3) is 0.769. The van der Waals surface area contributed by atoms with E-state index in [9.17, 15) is 0 Å². The molecule has 7 heteroatoms. The van der Waals surface area contributed by atoms with Crippen molar-refractivity contribution in [3.8, 4) is 6.01 Å². The van der Waals surface area contributed by atoms with Crippen LogP contribution in [-0.4, -0.2) is 54.9 Å². The highest BCUT2D eigenvalue weighted by molar-refractivity contribution is 5.36. The molecule has 1 fully saturated rings. The van der Waals surface area contributed by atoms with Gasteiger partial charge in [-0.15, -0.1) is 0 Å². The van der Waals surface area contributed by atoms with E-state index in [2.05, 4.69) is 27.2 Å². The van der Waals surface area contributed by atoms with Gasteiger partial charge in [0, 0.05) is 33.5 Å². The first-order valence-electron chi connectivity index (χ1n) is 7.10. The molecule has 0 radical (unpaired) electrons. The average Bonchev–Trinajstić information content (AvgIpc) is 2.46. The van der Waals surface area contributed by atoms with Crippen LogP contribution in [0, 0.1) is 0 Å². The van der Waals surface area contributed by atoms with Crippen LogP contribution >= 0.6 is 0 Å². The van der Waals surface area contributed by atoms with Crippen LogP contribution in [0.5, 0.6) is 6.01 Å². The molecule has 0 unspecified atom stereocenters. The zero-order chi connectivity index (χ0) is 14.4. The van der Waals surface area contributed by atoms with E-state index in [1.165, 1.54) is 0 Å². The molecule has 0 aromatic carbocycles. The van der Waals surface area contributed by atoms with Gasteiger partial charge in [0.25, 0.3) is 0 Å². The zero-order valence-electron chi connectivity index (χ0n) is 12.4. The van der Waals surface area contributed by atoms with Crippen LogP contribution in [0.2, 0.25) is 0 Å². The third-order valence-corrected chi connectivity index (χ3v) is 2.98. The molecule has 0 atom stereocenters. The molecule has 0 aliphatic carbocycles. The van der Waals surface area contributed by atoms with Crippen molar-refractivity contribution < 1.29 is 9.47 Å². The van der Waals surface area contributed by atoms with E-state index in [-0.39, 0.29) is 6.10 Å². The minimum absolute atomic E-state index is 0.125. The Kier molecular flexibility index (Phi) is 5.34. The quantitative estimate of drug-likeness (QED) is 0.843. The Morgan fingerprint density at radius 2 is 2.00 bits per heavy atom. The van der Waals surface area contributed by atoms with Gasteiger partial charge < -0.3 is 19.7 Å². The van der Waals surface area contributed by atoms with E-state index in [4.69, 9.17) is 9.47 Å². The lowest BCUT2D eigenvalue weighted by Gasteiger charge is -2.22. The average molecular weight is 281 g/mol. The predicted molar refractivity (Wildman–Crippen MR) is 77.4 cm³/mol. The van der Waals surface area contributed by atoms with Crippen molar-refractivity contribution >= 4 is 11.9 Å². The molecule has 2 heterocycles. The van der Waals surface area contributed by atoms with Gasteiger partial charge in [-0.2, -0.15) is 15.0 Å². The summed E-state index contributed by atoms with van der Waals surface area (Å²) in [4.78, 5) is 14.9. The van der Waals surface area contributed by atoms with Crippen molar-refractivity contribution in [1.29, 1.82) is 0 Å². The van der Waals surface area contributed by atoms with E-state index in [0.717, 1.165) is 39.0 Å². The predicted octanol–water partition coefficient (Wildman–Crippen LogP) is 1.32. The van der Waals surface area contributed by atoms with Crippen LogP contribution in [-0.2, 0) is 4.74 Å². The van der Waals surface area contributed by atoms with Crippen LogP contribution in [0.4, 0.5) is 11.9 Å². The smallest absolute Gasteiger partial charge is 0.323 e. The molecule has 0 spiro atoms. The van der Waals surface area contributed by atoms with Gasteiger partial charge in [0.15, 0.2) is 0 Å². The standard InChI is InChI=1S/C13H23N5O2/c1-4-7-14-11-15-12(18(2)3)17-13(16-11)20-10-5-8-19-9-6-10/h10H,4-9H2,1-3H3,(H,14,15,16,17). The molecule has 1 saturated heterocycles. The van der Waals surface area contributed by atoms with Gasteiger partial charge in [0.2, 0.25) is 11.9 Å². The number of hydrogen-bond donors (Lipinski definition) is 1. The van der Waals surface area contributed by atoms with Crippen molar-refractivity contribution in [2.45, 2.75) is 32.3 Å². The summed E-state index contributed by atoms with van der Waals surface area (Å²) in [5.74, 6) is 1.16. The highest BCUT2D eigenvalue weighted by Crippen LogP contribution is 2.18. The third kappa shape index (κ3) is 4.19. The Morgan fingerprint density at radius 1 is 1.25 bits per heavy atom. The SMILES string of the molecule is CCCNc1nc(OC2CCOCC2)nc(N(C)C)n1. The third-order valence-electron chi connectivity index (χ3n) is 2.98. The number of ether oxygens (including phenoxy) is 2. The van der Waals surface area contributed by atoms with Gasteiger partial charge in [-0.25, -0.2) is 0 Å². The highest BCUT2D eigenvalue weighted by Gasteiger charge is 2.18. The van der Waals surface area contributed by atoms with Gasteiger partial charge in [-0.05, 0) is 6.42 Å². The molecule has 2 rings (SSSR count). The van der Waals surface area contributed by atoms with Gasteiger partial charge in [-0.1, -0.05) is 6.92 Å². The summed E-state index contributed by atoms with van der Waals surface area (Å²) >= 11 is 0. The van der Waals surface area contributed by atoms with Crippen LogP contribution in [0.1, 0.15) is 26.2 Å². The first kappa shape index (κ1) is 14.8. The molecule has 1 aliphatic rings. The zero-order valence-corrected chi connectivity index (χ0v) is 12.4. The molecule has 112 valence electrons. The number of aromatic nitrogens is 3. The number of anilines is 2. The normalized spacial score (nSPS) is 15.9. The van der Waals surface area contributed by atoms with Crippen LogP contribution < -0.4 is 15.0 Å². The Hall–Kier alpha value is -1.63. The van der Waals surface area contributed by atoms with Crippen molar-refractivity contribution in [2.75, 3.05) is 44.1 Å². The second kappa shape index (κ2) is 7.23. The highest BCUT2D eigenvalue weighted by atomic mass is 16.5. The van der Waals surface area contributed by atoms with Crippen molar-refractivity contribution in [3.63, 3.8) is 0 Å². The van der Waals surface area contributed by atoms with Crippen LogP contribution in [0.3, 0.4) is 0 Å². The summed E-state index contributed by atoms with van der Waals surface area (Å²) < 4.78 is 11.2. The molecular weight excluding hydrogens is 258 g/mol. The number of rotatable bonds is 6. The van der Waals surface area contributed by atoms with E-state index in [1.807, 2.05) is 19.0 Å². The minimum Gasteiger partial charge on any atom is -0.460 e. The van der Waals surface area contributed by atoms with Gasteiger partial charge in [0.05, 0.1) is 13.2 Å². The maximum atomic E-state index is 5.86. The fourth-order valence-electron chi connectivity index (χ4n) is 1.86. The second-order valence-electron chi connectivity index (χ2n) is 4.99. The first-order chi connectivity index (χ1) is 9.69. The lowest BCUT2D eigenvalue weighted by Crippen LogP contribution is -2.27. The fourth-order valence-corrected chi connectivity index (χ4v) is 1.86. The summed E-state index contributed by atoms with van der Waals surface area (Å²) in [6.07, 6.45) is 2.89. The molecule has 1 aromatic heterocycles.